The summed E-state index contributed by atoms with van der Waals surface area (Å²) in [4.78, 5) is 10.8. The zero-order chi connectivity index (χ0) is 11.2. The number of amides is 2. The van der Waals surface area contributed by atoms with Crippen LogP contribution in [-0.2, 0) is 0 Å². The van der Waals surface area contributed by atoms with Crippen molar-refractivity contribution in [2.75, 3.05) is 6.54 Å². The highest BCUT2D eigenvalue weighted by Crippen LogP contribution is 2.11. The number of rotatable bonds is 3. The van der Waals surface area contributed by atoms with Gasteiger partial charge in [-0.3, -0.25) is 0 Å². The molecular formula is C8H11F3N2O. The van der Waals surface area contributed by atoms with Crippen LogP contribution in [0.3, 0.4) is 0 Å². The molecule has 0 saturated heterocycles. The number of carbonyl (C=O) groups is 1. The highest BCUT2D eigenvalue weighted by molar-refractivity contribution is 5.74. The molecule has 80 valence electrons. The zero-order valence-electron chi connectivity index (χ0n) is 7.61. The largest absolute Gasteiger partial charge is 0.405 e. The van der Waals surface area contributed by atoms with Crippen LogP contribution in [-0.4, -0.2) is 24.8 Å². The molecular weight excluding hydrogens is 197 g/mol. The van der Waals surface area contributed by atoms with Crippen LogP contribution >= 0.6 is 0 Å². The Hall–Kier alpha value is -1.38. The third-order valence-electron chi connectivity index (χ3n) is 1.25. The van der Waals surface area contributed by atoms with Crippen LogP contribution in [0.2, 0.25) is 0 Å². The topological polar surface area (TPSA) is 41.1 Å². The molecule has 0 heterocycles. The summed E-state index contributed by atoms with van der Waals surface area (Å²) in [6.07, 6.45) is 0.828. The summed E-state index contributed by atoms with van der Waals surface area (Å²) in [5.41, 5.74) is 0. The minimum atomic E-state index is -4.40. The molecule has 0 radical (unpaired) electrons. The lowest BCUT2D eigenvalue weighted by Crippen LogP contribution is -2.44. The number of terminal acetylenes is 1. The fraction of sp³-hybridized carbons (Fsp3) is 0.625. The predicted octanol–water partition coefficient (Wildman–Crippen LogP) is 1.26. The van der Waals surface area contributed by atoms with E-state index in [-0.39, 0.29) is 12.5 Å². The van der Waals surface area contributed by atoms with Gasteiger partial charge in [0, 0.05) is 12.5 Å². The molecule has 3 nitrogen and oxygen atoms in total. The first-order chi connectivity index (χ1) is 6.35. The molecule has 0 aromatic heterocycles. The minimum absolute atomic E-state index is 0.277. The lowest BCUT2D eigenvalue weighted by atomic mass is 10.2. The van der Waals surface area contributed by atoms with Crippen molar-refractivity contribution in [3.8, 4) is 12.3 Å². The van der Waals surface area contributed by atoms with Gasteiger partial charge in [0.1, 0.15) is 6.54 Å². The van der Waals surface area contributed by atoms with Crippen molar-refractivity contribution < 1.29 is 18.0 Å². The van der Waals surface area contributed by atoms with Crippen LogP contribution in [0.1, 0.15) is 13.3 Å². The molecule has 1 unspecified atom stereocenters. The van der Waals surface area contributed by atoms with Crippen molar-refractivity contribution in [2.45, 2.75) is 25.6 Å². The summed E-state index contributed by atoms with van der Waals surface area (Å²) in [6, 6.07) is -1.21. The van der Waals surface area contributed by atoms with Crippen molar-refractivity contribution >= 4 is 6.03 Å². The third kappa shape index (κ3) is 7.28. The van der Waals surface area contributed by atoms with Gasteiger partial charge < -0.3 is 10.6 Å². The average Bonchev–Trinajstić information content (AvgIpc) is 2.00. The number of hydrogen-bond acceptors (Lipinski definition) is 1. The monoisotopic (exact) mass is 208 g/mol. The van der Waals surface area contributed by atoms with Gasteiger partial charge >= 0.3 is 12.2 Å². The summed E-state index contributed by atoms with van der Waals surface area (Å²) < 4.78 is 34.9. The zero-order valence-corrected chi connectivity index (χ0v) is 7.61. The number of alkyl halides is 3. The molecule has 0 bridgehead atoms. The maximum atomic E-state index is 11.6. The van der Waals surface area contributed by atoms with Crippen LogP contribution in [0.15, 0.2) is 0 Å². The van der Waals surface area contributed by atoms with E-state index in [0.717, 1.165) is 0 Å². The highest BCUT2D eigenvalue weighted by atomic mass is 19.4. The summed E-state index contributed by atoms with van der Waals surface area (Å²) in [5.74, 6) is 2.28. The van der Waals surface area contributed by atoms with E-state index in [1.54, 1.807) is 12.2 Å². The van der Waals surface area contributed by atoms with Gasteiger partial charge in [0.15, 0.2) is 0 Å². The lowest BCUT2D eigenvalue weighted by Gasteiger charge is -2.13. The third-order valence-corrected chi connectivity index (χ3v) is 1.25. The summed E-state index contributed by atoms with van der Waals surface area (Å²) >= 11 is 0. The normalized spacial score (nSPS) is 12.8. The van der Waals surface area contributed by atoms with E-state index in [1.165, 1.54) is 0 Å². The second-order valence-corrected chi connectivity index (χ2v) is 2.75. The second-order valence-electron chi connectivity index (χ2n) is 2.75. The maximum absolute atomic E-state index is 11.6. The molecule has 0 aromatic rings. The lowest BCUT2D eigenvalue weighted by molar-refractivity contribution is -0.122. The Morgan fingerprint density at radius 3 is 2.57 bits per heavy atom. The number of hydrogen-bond donors (Lipinski definition) is 2. The quantitative estimate of drug-likeness (QED) is 0.673. The molecule has 1 atom stereocenters. The Morgan fingerprint density at radius 2 is 2.14 bits per heavy atom. The summed E-state index contributed by atoms with van der Waals surface area (Å²) in [6.45, 7) is 0.259. The van der Waals surface area contributed by atoms with Gasteiger partial charge in [-0.1, -0.05) is 0 Å². The molecule has 0 spiro atoms. The van der Waals surface area contributed by atoms with Crippen LogP contribution < -0.4 is 10.6 Å². The molecule has 6 heteroatoms. The summed E-state index contributed by atoms with van der Waals surface area (Å²) in [5, 5.41) is 3.93. The van der Waals surface area contributed by atoms with E-state index in [0.29, 0.717) is 0 Å². The fourth-order valence-electron chi connectivity index (χ4n) is 0.683. The van der Waals surface area contributed by atoms with Crippen LogP contribution in [0.25, 0.3) is 0 Å². The van der Waals surface area contributed by atoms with Gasteiger partial charge in [0.2, 0.25) is 0 Å². The van der Waals surface area contributed by atoms with Gasteiger partial charge in [0.05, 0.1) is 0 Å². The molecule has 0 rings (SSSR count). The number of nitrogens with one attached hydrogen (secondary N) is 2. The van der Waals surface area contributed by atoms with Gasteiger partial charge in [0.25, 0.3) is 0 Å². The second kappa shape index (κ2) is 5.37. The van der Waals surface area contributed by atoms with Crippen molar-refractivity contribution in [3.63, 3.8) is 0 Å². The minimum Gasteiger partial charge on any atom is -0.335 e. The van der Waals surface area contributed by atoms with E-state index in [9.17, 15) is 18.0 Å². The van der Waals surface area contributed by atoms with Gasteiger partial charge in [-0.05, 0) is 6.92 Å². The Kier molecular flexibility index (Phi) is 4.84. The van der Waals surface area contributed by atoms with E-state index < -0.39 is 18.8 Å². The Morgan fingerprint density at radius 1 is 1.57 bits per heavy atom. The molecule has 2 N–H and O–H groups in total. The molecule has 0 saturated carbocycles. The van der Waals surface area contributed by atoms with Crippen molar-refractivity contribution in [1.29, 1.82) is 0 Å². The highest BCUT2D eigenvalue weighted by Gasteiger charge is 2.27. The van der Waals surface area contributed by atoms with E-state index in [1.807, 2.05) is 0 Å². The smallest absolute Gasteiger partial charge is 0.335 e. The maximum Gasteiger partial charge on any atom is 0.405 e. The van der Waals surface area contributed by atoms with Gasteiger partial charge in [-0.15, -0.1) is 12.3 Å². The number of urea groups is 1. The summed E-state index contributed by atoms with van der Waals surface area (Å²) in [7, 11) is 0. The SMILES string of the molecule is C#CCC(C)NC(=O)NCC(F)(F)F. The Labute approximate surface area is 80.1 Å². The Bertz CT molecular complexity index is 232. The first kappa shape index (κ1) is 12.6. The average molecular weight is 208 g/mol. The molecule has 0 fully saturated rings. The van der Waals surface area contributed by atoms with E-state index in [4.69, 9.17) is 6.42 Å². The fourth-order valence-corrected chi connectivity index (χ4v) is 0.683. The van der Waals surface area contributed by atoms with Crippen LogP contribution in [0.4, 0.5) is 18.0 Å². The first-order valence-electron chi connectivity index (χ1n) is 3.89. The molecule has 2 amide bonds. The van der Waals surface area contributed by atoms with Crippen molar-refractivity contribution in [2.24, 2.45) is 0 Å². The van der Waals surface area contributed by atoms with E-state index in [2.05, 4.69) is 11.2 Å². The molecule has 0 aliphatic heterocycles. The van der Waals surface area contributed by atoms with Crippen LogP contribution in [0, 0.1) is 12.3 Å². The molecule has 0 aromatic carbocycles. The van der Waals surface area contributed by atoms with Crippen molar-refractivity contribution in [1.82, 2.24) is 10.6 Å². The molecule has 14 heavy (non-hydrogen) atoms. The van der Waals surface area contributed by atoms with Gasteiger partial charge in [-0.25, -0.2) is 4.79 Å². The number of halogens is 3. The predicted molar refractivity (Wildman–Crippen MR) is 45.5 cm³/mol. The first-order valence-corrected chi connectivity index (χ1v) is 3.89. The number of carbonyl (C=O) groups excluding carboxylic acids is 1. The van der Waals surface area contributed by atoms with Crippen LogP contribution in [0.5, 0.6) is 0 Å². The molecule has 0 aliphatic rings. The van der Waals surface area contributed by atoms with Crippen molar-refractivity contribution in [3.05, 3.63) is 0 Å². The Balaban J connectivity index is 3.72. The van der Waals surface area contributed by atoms with Gasteiger partial charge in [-0.2, -0.15) is 13.2 Å². The standard InChI is InChI=1S/C8H11F3N2O/c1-3-4-6(2)13-7(14)12-5-8(9,10)11/h1,6H,4-5H2,2H3,(H2,12,13,14). The van der Waals surface area contributed by atoms with E-state index >= 15 is 0 Å². The molecule has 0 aliphatic carbocycles.